The standard InChI is InChI=1S/C52H58N4O8/c1-51(2,3)63-38-23-18-34(19-24-38)28-46-49(59)56(27-26-33-16-21-37(61-7)22-17-33)31-35-29-36(20-25-44(35)54-46)53-48(58)45(30-47(57)64-52(4,5)6)55-50(60)62-32-43-41-14-10-8-12-39(41)40-13-9-11-15-42(40)43/h8-25,29,43,45-46,54H,26-28,30-32H2,1-7H3,(H,53,58)(H,55,60)/t45-,46-/m0/s1. The van der Waals surface area contributed by atoms with Gasteiger partial charge in [0.2, 0.25) is 11.8 Å². The van der Waals surface area contributed by atoms with Gasteiger partial charge >= 0.3 is 12.1 Å². The van der Waals surface area contributed by atoms with Crippen LogP contribution in [0.4, 0.5) is 16.2 Å². The molecular formula is C52H58N4O8. The van der Waals surface area contributed by atoms with Crippen LogP contribution in [-0.4, -0.2) is 72.3 Å². The van der Waals surface area contributed by atoms with Crippen LogP contribution in [0.25, 0.3) is 11.1 Å². The molecule has 5 aromatic carbocycles. The molecule has 0 radical (unpaired) electrons. The summed E-state index contributed by atoms with van der Waals surface area (Å²) in [6.07, 6.45) is -0.233. The lowest BCUT2D eigenvalue weighted by atomic mass is 9.98. The van der Waals surface area contributed by atoms with Crippen LogP contribution in [0.3, 0.4) is 0 Å². The number of rotatable bonds is 14. The van der Waals surface area contributed by atoms with Gasteiger partial charge < -0.3 is 39.8 Å². The molecule has 0 saturated heterocycles. The number of alkyl carbamates (subject to hydrolysis) is 1. The van der Waals surface area contributed by atoms with Crippen LogP contribution in [0.5, 0.6) is 11.5 Å². The summed E-state index contributed by atoms with van der Waals surface area (Å²) in [5, 5.41) is 9.04. The average Bonchev–Trinajstić information content (AvgIpc) is 3.50. The number of carbonyl (C=O) groups excluding carboxylic acids is 4. The summed E-state index contributed by atoms with van der Waals surface area (Å²) in [5.74, 6) is -0.0473. The molecule has 0 saturated carbocycles. The first-order valence-corrected chi connectivity index (χ1v) is 21.8. The zero-order valence-corrected chi connectivity index (χ0v) is 37.7. The third-order valence-electron chi connectivity index (χ3n) is 11.0. The minimum Gasteiger partial charge on any atom is -0.497 e. The lowest BCUT2D eigenvalue weighted by Gasteiger charge is -2.25. The van der Waals surface area contributed by atoms with Crippen LogP contribution >= 0.6 is 0 Å². The topological polar surface area (TPSA) is 145 Å². The van der Waals surface area contributed by atoms with Crippen LogP contribution in [0, 0.1) is 0 Å². The van der Waals surface area contributed by atoms with E-state index in [2.05, 4.69) is 16.0 Å². The Kier molecular flexibility index (Phi) is 13.6. The van der Waals surface area contributed by atoms with Crippen molar-refractivity contribution in [2.75, 3.05) is 30.9 Å². The summed E-state index contributed by atoms with van der Waals surface area (Å²) in [6, 6.07) is 35.1. The molecule has 64 heavy (non-hydrogen) atoms. The Bertz CT molecular complexity index is 2430. The molecule has 0 unspecified atom stereocenters. The summed E-state index contributed by atoms with van der Waals surface area (Å²) >= 11 is 0. The third kappa shape index (κ3) is 11.6. The largest absolute Gasteiger partial charge is 0.497 e. The SMILES string of the molecule is COc1ccc(CCN2Cc3cc(NC(=O)[C@H](CC(=O)OC(C)(C)C)NC(=O)OCC4c5ccccc5-c5ccccc54)ccc3N[C@@H](Cc3ccc(OC(C)(C)C)cc3)C2=O)cc1. The van der Waals surface area contributed by atoms with E-state index < -0.39 is 42.1 Å². The van der Waals surface area contributed by atoms with E-state index in [1.54, 1.807) is 33.9 Å². The normalized spacial score (nSPS) is 15.1. The van der Waals surface area contributed by atoms with Gasteiger partial charge in [-0.05, 0) is 129 Å². The van der Waals surface area contributed by atoms with E-state index in [1.165, 1.54) is 0 Å². The Morgan fingerprint density at radius 1 is 0.781 bits per heavy atom. The molecule has 0 bridgehead atoms. The number of ether oxygens (including phenoxy) is 4. The van der Waals surface area contributed by atoms with Gasteiger partial charge in [0.05, 0.1) is 13.5 Å². The first-order chi connectivity index (χ1) is 30.5. The highest BCUT2D eigenvalue weighted by atomic mass is 16.6. The predicted octanol–water partition coefficient (Wildman–Crippen LogP) is 9.06. The number of hydrogen-bond donors (Lipinski definition) is 3. The molecule has 12 heteroatoms. The molecule has 7 rings (SSSR count). The highest BCUT2D eigenvalue weighted by Crippen LogP contribution is 2.44. The summed E-state index contributed by atoms with van der Waals surface area (Å²) in [4.78, 5) is 56.8. The van der Waals surface area contributed by atoms with E-state index in [0.717, 1.165) is 56.1 Å². The van der Waals surface area contributed by atoms with Crippen molar-refractivity contribution in [1.82, 2.24) is 10.2 Å². The molecule has 0 aromatic heterocycles. The molecule has 1 aliphatic carbocycles. The highest BCUT2D eigenvalue weighted by Gasteiger charge is 2.33. The number of methoxy groups -OCH3 is 1. The zero-order chi connectivity index (χ0) is 45.6. The van der Waals surface area contributed by atoms with Crippen LogP contribution in [-0.2, 0) is 43.2 Å². The number of esters is 1. The number of hydrogen-bond acceptors (Lipinski definition) is 9. The Morgan fingerprint density at radius 3 is 2.03 bits per heavy atom. The van der Waals surface area contributed by atoms with Gasteiger partial charge in [-0.2, -0.15) is 0 Å². The van der Waals surface area contributed by atoms with Crippen LogP contribution in [0.2, 0.25) is 0 Å². The Morgan fingerprint density at radius 2 is 1.41 bits per heavy atom. The number of nitrogens with zero attached hydrogens (tertiary/aromatic N) is 1. The lowest BCUT2D eigenvalue weighted by Crippen LogP contribution is -2.46. The van der Waals surface area contributed by atoms with Gasteiger partial charge in [0.25, 0.3) is 0 Å². The maximum atomic E-state index is 14.4. The van der Waals surface area contributed by atoms with Crippen molar-refractivity contribution in [2.24, 2.45) is 0 Å². The number of benzene rings is 5. The van der Waals surface area contributed by atoms with Gasteiger partial charge in [-0.3, -0.25) is 14.4 Å². The van der Waals surface area contributed by atoms with Crippen molar-refractivity contribution in [3.05, 3.63) is 143 Å². The second-order valence-corrected chi connectivity index (χ2v) is 18.3. The maximum Gasteiger partial charge on any atom is 0.407 e. The summed E-state index contributed by atoms with van der Waals surface area (Å²) in [6.45, 7) is 11.9. The van der Waals surface area contributed by atoms with E-state index in [4.69, 9.17) is 18.9 Å². The Balaban J connectivity index is 1.09. The van der Waals surface area contributed by atoms with E-state index in [9.17, 15) is 19.2 Å². The third-order valence-corrected chi connectivity index (χ3v) is 11.0. The molecule has 12 nitrogen and oxygen atoms in total. The van der Waals surface area contributed by atoms with Gasteiger partial charge in [0, 0.05) is 36.8 Å². The van der Waals surface area contributed by atoms with E-state index in [-0.39, 0.29) is 30.6 Å². The van der Waals surface area contributed by atoms with Crippen molar-refractivity contribution in [3.63, 3.8) is 0 Å². The van der Waals surface area contributed by atoms with Crippen molar-refractivity contribution in [1.29, 1.82) is 0 Å². The second kappa shape index (κ2) is 19.3. The van der Waals surface area contributed by atoms with Crippen LogP contribution < -0.4 is 25.4 Å². The lowest BCUT2D eigenvalue weighted by molar-refractivity contribution is -0.156. The van der Waals surface area contributed by atoms with Gasteiger partial charge in [0.1, 0.15) is 41.4 Å². The van der Waals surface area contributed by atoms with Gasteiger partial charge in [0.15, 0.2) is 0 Å². The van der Waals surface area contributed by atoms with Crippen molar-refractivity contribution in [3.8, 4) is 22.6 Å². The fraction of sp³-hybridized carbons (Fsp3) is 0.346. The number of carbonyl (C=O) groups is 4. The molecule has 3 N–H and O–H groups in total. The minimum atomic E-state index is -1.32. The van der Waals surface area contributed by atoms with E-state index in [0.29, 0.717) is 25.1 Å². The first kappa shape index (κ1) is 45.2. The average molecular weight is 867 g/mol. The number of nitrogens with one attached hydrogen (secondary N) is 3. The summed E-state index contributed by atoms with van der Waals surface area (Å²) in [7, 11) is 1.62. The first-order valence-electron chi connectivity index (χ1n) is 21.8. The Labute approximate surface area is 375 Å². The van der Waals surface area contributed by atoms with Crippen LogP contribution in [0.1, 0.15) is 81.7 Å². The second-order valence-electron chi connectivity index (χ2n) is 18.3. The maximum absolute atomic E-state index is 14.4. The van der Waals surface area contributed by atoms with Gasteiger partial charge in [-0.25, -0.2) is 4.79 Å². The molecule has 1 aliphatic heterocycles. The number of amides is 3. The number of fused-ring (bicyclic) bond motifs is 4. The monoisotopic (exact) mass is 866 g/mol. The van der Waals surface area contributed by atoms with Crippen molar-refractivity contribution in [2.45, 2.75) is 96.6 Å². The van der Waals surface area contributed by atoms with Gasteiger partial charge in [-0.1, -0.05) is 72.8 Å². The molecule has 0 fully saturated rings. The minimum absolute atomic E-state index is 0.0318. The quantitative estimate of drug-likeness (QED) is 0.0932. The fourth-order valence-electron chi connectivity index (χ4n) is 8.13. The molecular weight excluding hydrogens is 809 g/mol. The molecule has 2 atom stereocenters. The van der Waals surface area contributed by atoms with Gasteiger partial charge in [-0.15, -0.1) is 0 Å². The number of anilines is 2. The summed E-state index contributed by atoms with van der Waals surface area (Å²) in [5.41, 5.74) is 7.08. The molecule has 2 aliphatic rings. The Hall–Kier alpha value is -6.82. The molecule has 0 spiro atoms. The highest BCUT2D eigenvalue weighted by molar-refractivity contribution is 5.99. The molecule has 1 heterocycles. The van der Waals surface area contributed by atoms with Crippen LogP contribution in [0.15, 0.2) is 115 Å². The predicted molar refractivity (Wildman–Crippen MR) is 248 cm³/mol. The van der Waals surface area contributed by atoms with E-state index in [1.807, 2.05) is 135 Å². The molecule has 334 valence electrons. The molecule has 3 amide bonds. The smallest absolute Gasteiger partial charge is 0.407 e. The van der Waals surface area contributed by atoms with Crippen molar-refractivity contribution < 1.29 is 38.1 Å². The summed E-state index contributed by atoms with van der Waals surface area (Å²) < 4.78 is 22.7. The molecule has 5 aromatic rings. The van der Waals surface area contributed by atoms with Crippen molar-refractivity contribution >= 4 is 35.3 Å². The fourth-order valence-corrected chi connectivity index (χ4v) is 8.13. The van der Waals surface area contributed by atoms with E-state index >= 15 is 0 Å². The zero-order valence-electron chi connectivity index (χ0n) is 37.7.